The van der Waals surface area contributed by atoms with Crippen LogP contribution in [0.25, 0.3) is 11.4 Å². The maximum Gasteiger partial charge on any atom is 0.339 e. The molecule has 1 N–H and O–H groups in total. The number of carbonyl (C=O) groups is 1. The van der Waals surface area contributed by atoms with Gasteiger partial charge in [-0.25, -0.2) is 4.79 Å². The van der Waals surface area contributed by atoms with Gasteiger partial charge in [-0.1, -0.05) is 0 Å². The Balaban J connectivity index is 2.59. The van der Waals surface area contributed by atoms with Crippen LogP contribution in [0.1, 0.15) is 10.4 Å². The summed E-state index contributed by atoms with van der Waals surface area (Å²) < 4.78 is 6.55. The maximum absolute atomic E-state index is 11.1. The van der Waals surface area contributed by atoms with Gasteiger partial charge in [0.25, 0.3) is 0 Å². The summed E-state index contributed by atoms with van der Waals surface area (Å²) >= 11 is 0. The number of methoxy groups -OCH3 is 1. The molecule has 0 aromatic carbocycles. The van der Waals surface area contributed by atoms with Gasteiger partial charge in [-0.05, 0) is 6.07 Å². The lowest BCUT2D eigenvalue weighted by atomic mass is 10.2. The monoisotopic (exact) mass is 233 g/mol. The number of hydrogen-bond donors (Lipinski definition) is 1. The van der Waals surface area contributed by atoms with E-state index in [9.17, 15) is 4.79 Å². The molecule has 0 unspecified atom stereocenters. The van der Waals surface area contributed by atoms with E-state index in [1.165, 1.54) is 10.9 Å². The minimum absolute atomic E-state index is 0.119. The third-order valence-corrected chi connectivity index (χ3v) is 2.38. The van der Waals surface area contributed by atoms with Crippen LogP contribution in [0.4, 0.5) is 0 Å². The number of carboxylic acid groups (broad SMARTS) is 1. The van der Waals surface area contributed by atoms with Crippen LogP contribution in [0.2, 0.25) is 0 Å². The summed E-state index contributed by atoms with van der Waals surface area (Å²) in [5.74, 6) is -0.412. The van der Waals surface area contributed by atoms with Crippen molar-refractivity contribution < 1.29 is 14.6 Å². The molecule has 2 aromatic heterocycles. The van der Waals surface area contributed by atoms with Crippen molar-refractivity contribution in [3.63, 3.8) is 0 Å². The van der Waals surface area contributed by atoms with Gasteiger partial charge in [0.15, 0.2) is 0 Å². The zero-order valence-corrected chi connectivity index (χ0v) is 9.41. The highest BCUT2D eigenvalue weighted by Crippen LogP contribution is 2.24. The van der Waals surface area contributed by atoms with Crippen LogP contribution >= 0.6 is 0 Å². The highest BCUT2D eigenvalue weighted by atomic mass is 16.5. The Kier molecular flexibility index (Phi) is 2.78. The molecule has 2 heterocycles. The van der Waals surface area contributed by atoms with Crippen molar-refractivity contribution in [2.45, 2.75) is 0 Å². The first-order chi connectivity index (χ1) is 8.13. The quantitative estimate of drug-likeness (QED) is 0.861. The average Bonchev–Trinajstić information content (AvgIpc) is 2.71. The van der Waals surface area contributed by atoms with E-state index in [0.717, 1.165) is 0 Å². The number of nitrogens with zero attached hydrogens (tertiary/aromatic N) is 3. The smallest absolute Gasteiger partial charge is 0.339 e. The Bertz CT molecular complexity index is 563. The average molecular weight is 233 g/mol. The molecule has 88 valence electrons. The third kappa shape index (κ3) is 1.96. The summed E-state index contributed by atoms with van der Waals surface area (Å²) in [6.07, 6.45) is 2.87. The van der Waals surface area contributed by atoms with Gasteiger partial charge in [0.2, 0.25) is 0 Å². The van der Waals surface area contributed by atoms with Crippen LogP contribution in [-0.4, -0.2) is 33.0 Å². The Morgan fingerprint density at radius 1 is 1.53 bits per heavy atom. The minimum atomic E-state index is -1.03. The lowest BCUT2D eigenvalue weighted by Gasteiger charge is -2.05. The molecule has 0 spiro atoms. The fourth-order valence-electron chi connectivity index (χ4n) is 1.57. The number of hydrogen-bond acceptors (Lipinski definition) is 4. The fraction of sp³-hybridized carbons (Fsp3) is 0.182. The van der Waals surface area contributed by atoms with Crippen LogP contribution in [-0.2, 0) is 7.05 Å². The molecular formula is C11H11N3O3. The number of rotatable bonds is 3. The highest BCUT2D eigenvalue weighted by Gasteiger charge is 2.17. The molecule has 0 aliphatic rings. The third-order valence-electron chi connectivity index (χ3n) is 2.38. The highest BCUT2D eigenvalue weighted by molar-refractivity contribution is 5.94. The number of ether oxygens (including phenoxy) is 1. The summed E-state index contributed by atoms with van der Waals surface area (Å²) in [6.45, 7) is 0. The molecule has 2 rings (SSSR count). The summed E-state index contributed by atoms with van der Waals surface area (Å²) in [7, 11) is 3.21. The largest absolute Gasteiger partial charge is 0.497 e. The van der Waals surface area contributed by atoms with E-state index in [1.54, 1.807) is 32.5 Å². The van der Waals surface area contributed by atoms with E-state index in [2.05, 4.69) is 10.1 Å². The predicted octanol–water partition coefficient (Wildman–Crippen LogP) is 1.19. The molecule has 0 radical (unpaired) electrons. The molecule has 0 amide bonds. The number of aryl methyl sites for hydroxylation is 1. The van der Waals surface area contributed by atoms with Crippen molar-refractivity contribution in [1.29, 1.82) is 0 Å². The Morgan fingerprint density at radius 3 is 2.94 bits per heavy atom. The number of carboxylic acids is 1. The topological polar surface area (TPSA) is 77.2 Å². The van der Waals surface area contributed by atoms with Crippen molar-refractivity contribution >= 4 is 5.97 Å². The molecule has 6 nitrogen and oxygen atoms in total. The Morgan fingerprint density at radius 2 is 2.29 bits per heavy atom. The van der Waals surface area contributed by atoms with E-state index >= 15 is 0 Å². The van der Waals surface area contributed by atoms with Crippen molar-refractivity contribution in [1.82, 2.24) is 14.8 Å². The number of pyridine rings is 1. The summed E-state index contributed by atoms with van der Waals surface area (Å²) in [6, 6.07) is 3.36. The lowest BCUT2D eigenvalue weighted by Crippen LogP contribution is -2.02. The molecule has 0 fully saturated rings. The van der Waals surface area contributed by atoms with Crippen LogP contribution in [0.5, 0.6) is 5.75 Å². The second kappa shape index (κ2) is 4.25. The molecule has 2 aromatic rings. The Hall–Kier alpha value is -2.37. The normalized spacial score (nSPS) is 10.2. The molecular weight excluding hydrogens is 222 g/mol. The molecule has 0 aliphatic carbocycles. The molecule has 0 bridgehead atoms. The van der Waals surface area contributed by atoms with E-state index in [4.69, 9.17) is 9.84 Å². The fourth-order valence-corrected chi connectivity index (χ4v) is 1.57. The molecule has 0 saturated carbocycles. The van der Waals surface area contributed by atoms with Gasteiger partial charge >= 0.3 is 5.97 Å². The van der Waals surface area contributed by atoms with Crippen LogP contribution < -0.4 is 4.74 Å². The van der Waals surface area contributed by atoms with Crippen LogP contribution in [0, 0.1) is 0 Å². The Labute approximate surface area is 97.5 Å². The minimum Gasteiger partial charge on any atom is -0.497 e. The second-order valence-corrected chi connectivity index (χ2v) is 3.42. The van der Waals surface area contributed by atoms with Gasteiger partial charge in [-0.3, -0.25) is 9.67 Å². The van der Waals surface area contributed by atoms with E-state index in [0.29, 0.717) is 17.1 Å². The summed E-state index contributed by atoms with van der Waals surface area (Å²) in [4.78, 5) is 15.2. The second-order valence-electron chi connectivity index (χ2n) is 3.42. The van der Waals surface area contributed by atoms with E-state index in [1.807, 2.05) is 0 Å². The van der Waals surface area contributed by atoms with Gasteiger partial charge in [0, 0.05) is 19.3 Å². The molecule has 0 atom stereocenters. The SMILES string of the molecule is COc1ccnc(-c2c(C(=O)O)cnn2C)c1. The lowest BCUT2D eigenvalue weighted by molar-refractivity contribution is 0.0697. The first-order valence-electron chi connectivity index (χ1n) is 4.89. The molecule has 17 heavy (non-hydrogen) atoms. The van der Waals surface area contributed by atoms with Crippen molar-refractivity contribution in [2.75, 3.05) is 7.11 Å². The summed E-state index contributed by atoms with van der Waals surface area (Å²) in [5.41, 5.74) is 1.09. The molecule has 0 aliphatic heterocycles. The predicted molar refractivity (Wildman–Crippen MR) is 60.0 cm³/mol. The van der Waals surface area contributed by atoms with Gasteiger partial charge < -0.3 is 9.84 Å². The van der Waals surface area contributed by atoms with Crippen molar-refractivity contribution in [3.8, 4) is 17.1 Å². The van der Waals surface area contributed by atoms with Gasteiger partial charge in [-0.15, -0.1) is 0 Å². The van der Waals surface area contributed by atoms with Crippen LogP contribution in [0.15, 0.2) is 24.5 Å². The number of aromatic carboxylic acids is 1. The van der Waals surface area contributed by atoms with Gasteiger partial charge in [-0.2, -0.15) is 5.10 Å². The van der Waals surface area contributed by atoms with E-state index in [-0.39, 0.29) is 5.56 Å². The van der Waals surface area contributed by atoms with Crippen LogP contribution in [0.3, 0.4) is 0 Å². The van der Waals surface area contributed by atoms with Gasteiger partial charge in [0.1, 0.15) is 17.0 Å². The van der Waals surface area contributed by atoms with Gasteiger partial charge in [0.05, 0.1) is 19.0 Å². The molecule has 0 saturated heterocycles. The summed E-state index contributed by atoms with van der Waals surface area (Å²) in [5, 5.41) is 13.0. The first-order valence-corrected chi connectivity index (χ1v) is 4.89. The zero-order chi connectivity index (χ0) is 12.4. The molecule has 6 heteroatoms. The maximum atomic E-state index is 11.1. The zero-order valence-electron chi connectivity index (χ0n) is 9.41. The van der Waals surface area contributed by atoms with Crippen molar-refractivity contribution in [2.24, 2.45) is 7.05 Å². The number of aromatic nitrogens is 3. The van der Waals surface area contributed by atoms with E-state index < -0.39 is 5.97 Å². The standard InChI is InChI=1S/C11H11N3O3/c1-14-10(8(6-13-14)11(15)16)9-5-7(17-2)3-4-12-9/h3-6H,1-2H3,(H,15,16). The first kappa shape index (κ1) is 11.1. The van der Waals surface area contributed by atoms with Crippen molar-refractivity contribution in [3.05, 3.63) is 30.1 Å².